The van der Waals surface area contributed by atoms with Gasteiger partial charge in [-0.15, -0.1) is 0 Å². The van der Waals surface area contributed by atoms with Crippen molar-refractivity contribution in [1.82, 2.24) is 0 Å². The van der Waals surface area contributed by atoms with Gasteiger partial charge in [-0.2, -0.15) is 0 Å². The summed E-state index contributed by atoms with van der Waals surface area (Å²) in [4.78, 5) is 13.4. The number of allylic oxidation sites excluding steroid dienone is 2. The molecular formula is C20H28O2S. The number of carbonyl (C=O) groups excluding carboxylic acids is 1. The van der Waals surface area contributed by atoms with E-state index in [1.165, 1.54) is 5.56 Å². The zero-order chi connectivity index (χ0) is 17.3. The lowest BCUT2D eigenvalue weighted by Gasteiger charge is -2.22. The standard InChI is InChI=1S/C20H28O2S/c1-12(2)15-10-16(13(3)4)20(17(11-15)14(5)6)23(22)19-9-7-8-18(19)21/h9-14H,7-8H2,1-6H3. The normalized spacial score (nSPS) is 16.6. The highest BCUT2D eigenvalue weighted by Gasteiger charge is 2.28. The molecule has 1 unspecified atom stereocenters. The highest BCUT2D eigenvalue weighted by molar-refractivity contribution is 7.90. The Balaban J connectivity index is 2.69. The SMILES string of the molecule is CC(C)c1cc(C(C)C)c(S(=O)C2=CCCC2=O)c(C(C)C)c1. The maximum absolute atomic E-state index is 13.2. The monoisotopic (exact) mass is 332 g/mol. The molecule has 1 aromatic rings. The van der Waals surface area contributed by atoms with Crippen molar-refractivity contribution in [2.75, 3.05) is 0 Å². The lowest BCUT2D eigenvalue weighted by Crippen LogP contribution is -2.12. The van der Waals surface area contributed by atoms with Gasteiger partial charge in [0.25, 0.3) is 0 Å². The van der Waals surface area contributed by atoms with E-state index in [0.29, 0.717) is 17.2 Å². The van der Waals surface area contributed by atoms with Crippen molar-refractivity contribution in [2.45, 2.75) is 77.0 Å². The summed E-state index contributed by atoms with van der Waals surface area (Å²) < 4.78 is 13.2. The van der Waals surface area contributed by atoms with Crippen molar-refractivity contribution >= 4 is 16.6 Å². The van der Waals surface area contributed by atoms with E-state index in [-0.39, 0.29) is 17.6 Å². The Hall–Kier alpha value is -1.22. The quantitative estimate of drug-likeness (QED) is 0.722. The van der Waals surface area contributed by atoms with Crippen molar-refractivity contribution < 1.29 is 9.00 Å². The molecule has 1 aliphatic carbocycles. The zero-order valence-corrected chi connectivity index (χ0v) is 15.9. The van der Waals surface area contributed by atoms with Crippen LogP contribution in [0.3, 0.4) is 0 Å². The lowest BCUT2D eigenvalue weighted by molar-refractivity contribution is -0.114. The molecule has 0 heterocycles. The molecule has 2 rings (SSSR count). The van der Waals surface area contributed by atoms with Crippen LogP contribution in [0.25, 0.3) is 0 Å². The molecule has 0 N–H and O–H groups in total. The Bertz CT molecular complexity index is 637. The number of carbonyl (C=O) groups is 1. The molecule has 0 amide bonds. The largest absolute Gasteiger partial charge is 0.294 e. The van der Waals surface area contributed by atoms with Crippen LogP contribution in [-0.4, -0.2) is 9.99 Å². The predicted octanol–water partition coefficient (Wildman–Crippen LogP) is 5.41. The van der Waals surface area contributed by atoms with Crippen molar-refractivity contribution in [3.05, 3.63) is 39.8 Å². The Kier molecular flexibility index (Phi) is 5.61. The van der Waals surface area contributed by atoms with Crippen LogP contribution in [0.4, 0.5) is 0 Å². The molecule has 0 spiro atoms. The van der Waals surface area contributed by atoms with Gasteiger partial charge in [0, 0.05) is 6.42 Å². The molecule has 1 aromatic carbocycles. The smallest absolute Gasteiger partial charge is 0.172 e. The molecular weight excluding hydrogens is 304 g/mol. The molecule has 0 aromatic heterocycles. The first-order valence-electron chi connectivity index (χ1n) is 8.56. The average molecular weight is 333 g/mol. The number of Topliss-reactive ketones (excluding diaryl/α,β-unsaturated/α-hetero) is 1. The summed E-state index contributed by atoms with van der Waals surface area (Å²) >= 11 is 0. The van der Waals surface area contributed by atoms with Crippen LogP contribution in [0.1, 0.15) is 88.8 Å². The molecule has 1 atom stereocenters. The van der Waals surface area contributed by atoms with Gasteiger partial charge in [-0.1, -0.05) is 59.8 Å². The maximum Gasteiger partial charge on any atom is 0.172 e. The number of rotatable bonds is 5. The first kappa shape index (κ1) is 18.1. The van der Waals surface area contributed by atoms with Gasteiger partial charge in [0.2, 0.25) is 0 Å². The molecule has 1 aliphatic rings. The van der Waals surface area contributed by atoms with E-state index < -0.39 is 10.8 Å². The molecule has 0 saturated heterocycles. The molecule has 2 nitrogen and oxygen atoms in total. The van der Waals surface area contributed by atoms with Gasteiger partial charge < -0.3 is 0 Å². The first-order valence-corrected chi connectivity index (χ1v) is 9.71. The van der Waals surface area contributed by atoms with Crippen LogP contribution < -0.4 is 0 Å². The summed E-state index contributed by atoms with van der Waals surface area (Å²) in [5.41, 5.74) is 3.53. The van der Waals surface area contributed by atoms with Crippen molar-refractivity contribution in [2.24, 2.45) is 0 Å². The Morgan fingerprint density at radius 3 is 1.78 bits per heavy atom. The summed E-state index contributed by atoms with van der Waals surface area (Å²) in [5.74, 6) is 1.03. The number of hydrogen-bond donors (Lipinski definition) is 0. The number of hydrogen-bond acceptors (Lipinski definition) is 2. The lowest BCUT2D eigenvalue weighted by atomic mass is 9.89. The van der Waals surface area contributed by atoms with E-state index in [2.05, 4.69) is 53.7 Å². The summed E-state index contributed by atoms with van der Waals surface area (Å²) in [6.45, 7) is 12.9. The maximum atomic E-state index is 13.2. The molecule has 3 heteroatoms. The summed E-state index contributed by atoms with van der Waals surface area (Å²) in [6.07, 6.45) is 3.08. The van der Waals surface area contributed by atoms with Crippen LogP contribution >= 0.6 is 0 Å². The third kappa shape index (κ3) is 3.65. The van der Waals surface area contributed by atoms with Crippen LogP contribution in [0, 0.1) is 0 Å². The Morgan fingerprint density at radius 1 is 0.913 bits per heavy atom. The van der Waals surface area contributed by atoms with Gasteiger partial charge >= 0.3 is 0 Å². The van der Waals surface area contributed by atoms with Gasteiger partial charge in [0.1, 0.15) is 0 Å². The summed E-state index contributed by atoms with van der Waals surface area (Å²) in [6, 6.07) is 4.38. The molecule has 126 valence electrons. The highest BCUT2D eigenvalue weighted by Crippen LogP contribution is 2.37. The minimum absolute atomic E-state index is 0.0423. The van der Waals surface area contributed by atoms with Gasteiger partial charge in [0.15, 0.2) is 5.78 Å². The fraction of sp³-hybridized carbons (Fsp3) is 0.550. The van der Waals surface area contributed by atoms with Crippen LogP contribution in [0.15, 0.2) is 28.0 Å². The van der Waals surface area contributed by atoms with E-state index in [0.717, 1.165) is 22.4 Å². The number of benzene rings is 1. The van der Waals surface area contributed by atoms with E-state index in [9.17, 15) is 9.00 Å². The Labute approximate surface area is 142 Å². The zero-order valence-electron chi connectivity index (χ0n) is 15.1. The molecule has 0 fully saturated rings. The second-order valence-electron chi connectivity index (χ2n) is 7.29. The minimum Gasteiger partial charge on any atom is -0.294 e. The fourth-order valence-electron chi connectivity index (χ4n) is 2.96. The van der Waals surface area contributed by atoms with Crippen molar-refractivity contribution in [3.8, 4) is 0 Å². The van der Waals surface area contributed by atoms with E-state index >= 15 is 0 Å². The molecule has 0 radical (unpaired) electrons. The third-order valence-corrected chi connectivity index (χ3v) is 6.08. The topological polar surface area (TPSA) is 34.1 Å². The van der Waals surface area contributed by atoms with E-state index in [1.807, 2.05) is 6.08 Å². The summed E-state index contributed by atoms with van der Waals surface area (Å²) in [5, 5.41) is 0. The van der Waals surface area contributed by atoms with Gasteiger partial charge in [0.05, 0.1) is 20.6 Å². The van der Waals surface area contributed by atoms with Crippen LogP contribution in [0.5, 0.6) is 0 Å². The van der Waals surface area contributed by atoms with Crippen LogP contribution in [0.2, 0.25) is 0 Å². The van der Waals surface area contributed by atoms with Gasteiger partial charge in [-0.05, 0) is 40.9 Å². The predicted molar refractivity (Wildman–Crippen MR) is 97.4 cm³/mol. The fourth-order valence-corrected chi connectivity index (χ4v) is 4.78. The molecule has 0 aliphatic heterocycles. The Morgan fingerprint density at radius 2 is 1.43 bits per heavy atom. The second-order valence-corrected chi connectivity index (χ2v) is 8.68. The molecule has 0 saturated carbocycles. The average Bonchev–Trinajstić information content (AvgIpc) is 2.90. The molecule has 0 bridgehead atoms. The summed E-state index contributed by atoms with van der Waals surface area (Å²) in [7, 11) is -1.36. The van der Waals surface area contributed by atoms with Gasteiger partial charge in [-0.25, -0.2) is 4.21 Å². The number of ketones is 1. The van der Waals surface area contributed by atoms with Gasteiger partial charge in [-0.3, -0.25) is 4.79 Å². The minimum atomic E-state index is -1.36. The van der Waals surface area contributed by atoms with E-state index in [1.54, 1.807) is 0 Å². The van der Waals surface area contributed by atoms with Crippen LogP contribution in [-0.2, 0) is 15.6 Å². The third-order valence-electron chi connectivity index (χ3n) is 4.44. The van der Waals surface area contributed by atoms with E-state index in [4.69, 9.17) is 0 Å². The molecule has 23 heavy (non-hydrogen) atoms. The van der Waals surface area contributed by atoms with Crippen molar-refractivity contribution in [3.63, 3.8) is 0 Å². The van der Waals surface area contributed by atoms with Crippen molar-refractivity contribution in [1.29, 1.82) is 0 Å². The first-order chi connectivity index (χ1) is 10.7. The highest BCUT2D eigenvalue weighted by atomic mass is 32.2. The second kappa shape index (κ2) is 7.12.